The minimum Gasteiger partial charge on any atom is -0.340 e. The minimum absolute atomic E-state index is 0. The fourth-order valence-electron chi connectivity index (χ4n) is 2.87. The Hall–Kier alpha value is -0.950. The summed E-state index contributed by atoms with van der Waals surface area (Å²) in [5.41, 5.74) is 2.02. The molecule has 1 N–H and O–H groups in total. The van der Waals surface area contributed by atoms with Gasteiger partial charge >= 0.3 is 0 Å². The third kappa shape index (κ3) is 4.79. The molecule has 3 rings (SSSR count). The van der Waals surface area contributed by atoms with E-state index >= 15 is 0 Å². The highest BCUT2D eigenvalue weighted by Gasteiger charge is 2.18. The lowest BCUT2D eigenvalue weighted by Crippen LogP contribution is -2.36. The Balaban J connectivity index is 0.00000144. The van der Waals surface area contributed by atoms with Crippen molar-refractivity contribution in [3.05, 3.63) is 30.1 Å². The van der Waals surface area contributed by atoms with E-state index in [1.54, 1.807) is 11.8 Å². The van der Waals surface area contributed by atoms with E-state index in [1.807, 2.05) is 29.2 Å². The predicted molar refractivity (Wildman–Crippen MR) is 106 cm³/mol. The summed E-state index contributed by atoms with van der Waals surface area (Å²) in [4.78, 5) is 19.3. The number of imidazole rings is 1. The monoisotopic (exact) mass is 390 g/mol. The van der Waals surface area contributed by atoms with Gasteiger partial charge in [0, 0.05) is 19.6 Å². The first-order valence-corrected chi connectivity index (χ1v) is 9.10. The molecule has 0 unspecified atom stereocenters. The van der Waals surface area contributed by atoms with Gasteiger partial charge < -0.3 is 14.8 Å². The molecule has 0 bridgehead atoms. The van der Waals surface area contributed by atoms with Crippen molar-refractivity contribution in [2.24, 2.45) is 0 Å². The Labute approximate surface area is 159 Å². The number of benzene rings is 1. The second kappa shape index (κ2) is 10.1. The van der Waals surface area contributed by atoms with Crippen LogP contribution >= 0.6 is 36.6 Å². The number of nitrogens with one attached hydrogen (secondary N) is 1. The van der Waals surface area contributed by atoms with E-state index < -0.39 is 0 Å². The van der Waals surface area contributed by atoms with Gasteiger partial charge in [-0.3, -0.25) is 4.79 Å². The van der Waals surface area contributed by atoms with E-state index in [9.17, 15) is 4.79 Å². The lowest BCUT2D eigenvalue weighted by molar-refractivity contribution is -0.131. The highest BCUT2D eigenvalue weighted by Crippen LogP contribution is 2.19. The number of rotatable bonds is 4. The molecule has 8 heteroatoms. The first kappa shape index (κ1) is 21.1. The Morgan fingerprint density at radius 2 is 2.04 bits per heavy atom. The molecule has 1 saturated heterocycles. The molecule has 24 heavy (non-hydrogen) atoms. The van der Waals surface area contributed by atoms with Crippen molar-refractivity contribution < 1.29 is 4.79 Å². The molecule has 0 aliphatic carbocycles. The summed E-state index contributed by atoms with van der Waals surface area (Å²) in [6, 6.07) is 8.05. The van der Waals surface area contributed by atoms with Crippen LogP contribution < -0.4 is 5.32 Å². The van der Waals surface area contributed by atoms with Crippen molar-refractivity contribution >= 4 is 53.5 Å². The molecule has 1 aliphatic heterocycles. The number of amides is 1. The maximum atomic E-state index is 12.7. The molecule has 0 saturated carbocycles. The smallest absolute Gasteiger partial charge is 0.242 e. The Morgan fingerprint density at radius 3 is 2.83 bits per heavy atom. The third-order valence-corrected chi connectivity index (χ3v) is 4.54. The van der Waals surface area contributed by atoms with E-state index in [0.717, 1.165) is 55.2 Å². The molecule has 1 amide bonds. The van der Waals surface area contributed by atoms with Crippen molar-refractivity contribution in [2.75, 3.05) is 32.4 Å². The van der Waals surface area contributed by atoms with E-state index in [2.05, 4.69) is 21.1 Å². The van der Waals surface area contributed by atoms with Crippen LogP contribution in [0.2, 0.25) is 0 Å². The van der Waals surface area contributed by atoms with Crippen LogP contribution in [0, 0.1) is 0 Å². The summed E-state index contributed by atoms with van der Waals surface area (Å²) in [5, 5.41) is 3.34. The number of hydrogen-bond donors (Lipinski definition) is 1. The van der Waals surface area contributed by atoms with Crippen LogP contribution in [0.4, 0.5) is 0 Å². The largest absolute Gasteiger partial charge is 0.340 e. The lowest BCUT2D eigenvalue weighted by Gasteiger charge is -2.21. The average molecular weight is 391 g/mol. The normalized spacial score (nSPS) is 14.6. The minimum atomic E-state index is 0. The molecule has 2 heterocycles. The number of aromatic nitrogens is 2. The summed E-state index contributed by atoms with van der Waals surface area (Å²) in [5.74, 6) is 1.99. The standard InChI is InChI=1S/C16H22N4OS.2ClH/c1-22-12-15-18-13-5-2-3-6-14(13)20(15)11-16(21)19-9-4-7-17-8-10-19;;/h2-3,5-6,17H,4,7-12H2,1H3;2*1H. The van der Waals surface area contributed by atoms with Gasteiger partial charge in [0.15, 0.2) is 0 Å². The quantitative estimate of drug-likeness (QED) is 0.871. The lowest BCUT2D eigenvalue weighted by atomic mass is 10.3. The van der Waals surface area contributed by atoms with Gasteiger partial charge in [0.2, 0.25) is 5.91 Å². The Kier molecular flexibility index (Phi) is 8.91. The highest BCUT2D eigenvalue weighted by atomic mass is 35.5. The van der Waals surface area contributed by atoms with Crippen LogP contribution in [-0.2, 0) is 17.1 Å². The number of nitrogens with zero attached hydrogens (tertiary/aromatic N) is 3. The number of para-hydroxylation sites is 2. The summed E-state index contributed by atoms with van der Waals surface area (Å²) in [6.45, 7) is 3.90. The molecular formula is C16H24Cl2N4OS. The second-order valence-electron chi connectivity index (χ2n) is 5.52. The molecular weight excluding hydrogens is 367 g/mol. The maximum absolute atomic E-state index is 12.7. The number of halogens is 2. The first-order valence-electron chi connectivity index (χ1n) is 7.71. The maximum Gasteiger partial charge on any atom is 0.242 e. The van der Waals surface area contributed by atoms with Gasteiger partial charge in [0.05, 0.1) is 16.8 Å². The average Bonchev–Trinajstić information content (AvgIpc) is 2.72. The molecule has 5 nitrogen and oxygen atoms in total. The van der Waals surface area contributed by atoms with Gasteiger partial charge in [-0.15, -0.1) is 24.8 Å². The van der Waals surface area contributed by atoms with Gasteiger partial charge in [0.25, 0.3) is 0 Å². The van der Waals surface area contributed by atoms with Crippen molar-refractivity contribution in [2.45, 2.75) is 18.7 Å². The van der Waals surface area contributed by atoms with Crippen LogP contribution in [0.5, 0.6) is 0 Å². The van der Waals surface area contributed by atoms with Crippen LogP contribution in [0.15, 0.2) is 24.3 Å². The van der Waals surface area contributed by atoms with Gasteiger partial charge in [0.1, 0.15) is 12.4 Å². The molecule has 0 spiro atoms. The van der Waals surface area contributed by atoms with E-state index in [0.29, 0.717) is 6.54 Å². The van der Waals surface area contributed by atoms with Crippen LogP contribution in [-0.4, -0.2) is 52.8 Å². The van der Waals surface area contributed by atoms with E-state index in [-0.39, 0.29) is 30.7 Å². The van der Waals surface area contributed by atoms with E-state index in [4.69, 9.17) is 0 Å². The summed E-state index contributed by atoms with van der Waals surface area (Å²) in [7, 11) is 0. The van der Waals surface area contributed by atoms with Crippen LogP contribution in [0.3, 0.4) is 0 Å². The molecule has 1 fully saturated rings. The zero-order valence-corrected chi connectivity index (χ0v) is 16.2. The SMILES string of the molecule is CSCc1nc2ccccc2n1CC(=O)N1CCCNCC1.Cl.Cl. The number of carbonyl (C=O) groups excluding carboxylic acids is 1. The predicted octanol–water partition coefficient (Wildman–Crippen LogP) is 2.56. The third-order valence-electron chi connectivity index (χ3n) is 3.99. The molecule has 1 aromatic heterocycles. The zero-order chi connectivity index (χ0) is 15.4. The fourth-order valence-corrected chi connectivity index (χ4v) is 3.35. The Bertz CT molecular complexity index is 657. The fraction of sp³-hybridized carbons (Fsp3) is 0.500. The van der Waals surface area contributed by atoms with Gasteiger partial charge in [-0.05, 0) is 31.4 Å². The molecule has 2 aromatic rings. The molecule has 134 valence electrons. The number of thioether (sulfide) groups is 1. The van der Waals surface area contributed by atoms with Gasteiger partial charge in [-0.25, -0.2) is 4.98 Å². The number of carbonyl (C=O) groups is 1. The highest BCUT2D eigenvalue weighted by molar-refractivity contribution is 7.97. The second-order valence-corrected chi connectivity index (χ2v) is 6.39. The molecule has 1 aliphatic rings. The van der Waals surface area contributed by atoms with Crippen molar-refractivity contribution in [3.63, 3.8) is 0 Å². The topological polar surface area (TPSA) is 50.2 Å². The van der Waals surface area contributed by atoms with Gasteiger partial charge in [-0.1, -0.05) is 12.1 Å². The van der Waals surface area contributed by atoms with Crippen molar-refractivity contribution in [3.8, 4) is 0 Å². The van der Waals surface area contributed by atoms with E-state index in [1.165, 1.54) is 0 Å². The van der Waals surface area contributed by atoms with Crippen LogP contribution in [0.1, 0.15) is 12.2 Å². The molecule has 1 aromatic carbocycles. The summed E-state index contributed by atoms with van der Waals surface area (Å²) in [6.07, 6.45) is 3.08. The van der Waals surface area contributed by atoms with Crippen molar-refractivity contribution in [1.82, 2.24) is 19.8 Å². The summed E-state index contributed by atoms with van der Waals surface area (Å²) >= 11 is 1.73. The van der Waals surface area contributed by atoms with Crippen LogP contribution in [0.25, 0.3) is 11.0 Å². The molecule has 0 radical (unpaired) electrons. The number of fused-ring (bicyclic) bond motifs is 1. The molecule has 0 atom stereocenters. The van der Waals surface area contributed by atoms with Crippen molar-refractivity contribution in [1.29, 1.82) is 0 Å². The van der Waals surface area contributed by atoms with Gasteiger partial charge in [-0.2, -0.15) is 11.8 Å². The Morgan fingerprint density at radius 1 is 1.25 bits per heavy atom. The first-order chi connectivity index (χ1) is 10.8. The summed E-state index contributed by atoms with van der Waals surface area (Å²) < 4.78 is 2.08. The number of hydrogen-bond acceptors (Lipinski definition) is 4. The zero-order valence-electron chi connectivity index (χ0n) is 13.7.